The standard InChI is InChI=1S/C15H28N2O3S/c1-13(12-14-4-2-3-5-14)15(18)16-6-7-17-8-10-21(19,20)11-9-17/h13-14H,2-12H2,1H3,(H,16,18)/t13-/m1/s1. The van der Waals surface area contributed by atoms with E-state index in [-0.39, 0.29) is 23.3 Å². The van der Waals surface area contributed by atoms with Crippen molar-refractivity contribution in [2.45, 2.75) is 39.0 Å². The number of amides is 1. The lowest BCUT2D eigenvalue weighted by Gasteiger charge is -2.26. The van der Waals surface area contributed by atoms with E-state index >= 15 is 0 Å². The molecule has 1 atom stereocenters. The van der Waals surface area contributed by atoms with Crippen molar-refractivity contribution in [2.24, 2.45) is 11.8 Å². The van der Waals surface area contributed by atoms with Crippen molar-refractivity contribution in [2.75, 3.05) is 37.7 Å². The third-order valence-corrected chi connectivity index (χ3v) is 6.38. The van der Waals surface area contributed by atoms with Crippen LogP contribution in [0.15, 0.2) is 0 Å². The molecule has 1 saturated carbocycles. The molecule has 122 valence electrons. The molecular formula is C15H28N2O3S. The van der Waals surface area contributed by atoms with Crippen LogP contribution in [0.3, 0.4) is 0 Å². The molecule has 0 aromatic carbocycles. The van der Waals surface area contributed by atoms with E-state index in [0.29, 0.717) is 19.6 Å². The number of sulfone groups is 1. The van der Waals surface area contributed by atoms with Gasteiger partial charge >= 0.3 is 0 Å². The first-order chi connectivity index (χ1) is 9.96. The summed E-state index contributed by atoms with van der Waals surface area (Å²) < 4.78 is 22.7. The minimum Gasteiger partial charge on any atom is -0.355 e. The van der Waals surface area contributed by atoms with E-state index in [1.54, 1.807) is 0 Å². The Kier molecular flexibility index (Phi) is 6.05. The molecule has 2 fully saturated rings. The van der Waals surface area contributed by atoms with Crippen molar-refractivity contribution >= 4 is 15.7 Å². The van der Waals surface area contributed by atoms with Crippen LogP contribution in [0.1, 0.15) is 39.0 Å². The van der Waals surface area contributed by atoms with Gasteiger partial charge in [-0.15, -0.1) is 0 Å². The fourth-order valence-corrected chi connectivity index (χ4v) is 4.62. The van der Waals surface area contributed by atoms with Crippen LogP contribution >= 0.6 is 0 Å². The van der Waals surface area contributed by atoms with Gasteiger partial charge in [-0.1, -0.05) is 32.6 Å². The van der Waals surface area contributed by atoms with Crippen LogP contribution < -0.4 is 5.32 Å². The highest BCUT2D eigenvalue weighted by Crippen LogP contribution is 2.30. The van der Waals surface area contributed by atoms with E-state index in [4.69, 9.17) is 0 Å². The third kappa shape index (κ3) is 5.58. The van der Waals surface area contributed by atoms with Crippen LogP contribution in [0.4, 0.5) is 0 Å². The molecule has 0 bridgehead atoms. The number of nitrogens with one attached hydrogen (secondary N) is 1. The lowest BCUT2D eigenvalue weighted by molar-refractivity contribution is -0.125. The van der Waals surface area contributed by atoms with Gasteiger partial charge in [-0.25, -0.2) is 8.42 Å². The number of rotatable bonds is 6. The summed E-state index contributed by atoms with van der Waals surface area (Å²) in [5, 5.41) is 2.99. The van der Waals surface area contributed by atoms with Crippen molar-refractivity contribution < 1.29 is 13.2 Å². The molecule has 0 unspecified atom stereocenters. The zero-order valence-electron chi connectivity index (χ0n) is 13.0. The van der Waals surface area contributed by atoms with Crippen LogP contribution in [0.25, 0.3) is 0 Å². The molecule has 0 radical (unpaired) electrons. The average Bonchev–Trinajstić information content (AvgIpc) is 2.93. The van der Waals surface area contributed by atoms with E-state index in [0.717, 1.165) is 18.9 Å². The van der Waals surface area contributed by atoms with Gasteiger partial charge in [-0.2, -0.15) is 0 Å². The Balaban J connectivity index is 1.60. The van der Waals surface area contributed by atoms with Gasteiger partial charge in [0.25, 0.3) is 0 Å². The molecule has 2 aliphatic rings. The number of hydrogen-bond donors (Lipinski definition) is 1. The normalized spacial score (nSPS) is 24.8. The smallest absolute Gasteiger partial charge is 0.222 e. The highest BCUT2D eigenvalue weighted by Gasteiger charge is 2.23. The van der Waals surface area contributed by atoms with Gasteiger partial charge in [0.1, 0.15) is 0 Å². The summed E-state index contributed by atoms with van der Waals surface area (Å²) in [5.41, 5.74) is 0. The van der Waals surface area contributed by atoms with Crippen LogP contribution in [0.5, 0.6) is 0 Å². The third-order valence-electron chi connectivity index (χ3n) is 4.77. The molecule has 1 saturated heterocycles. The molecule has 21 heavy (non-hydrogen) atoms. The first kappa shape index (κ1) is 16.7. The summed E-state index contributed by atoms with van der Waals surface area (Å²) in [5.74, 6) is 1.47. The SMILES string of the molecule is C[C@H](CC1CCCC1)C(=O)NCCN1CCS(=O)(=O)CC1. The molecular weight excluding hydrogens is 288 g/mol. The quantitative estimate of drug-likeness (QED) is 0.795. The van der Waals surface area contributed by atoms with Crippen molar-refractivity contribution in [1.82, 2.24) is 10.2 Å². The van der Waals surface area contributed by atoms with Gasteiger partial charge < -0.3 is 5.32 Å². The summed E-state index contributed by atoms with van der Waals surface area (Å²) in [6.07, 6.45) is 6.20. The second-order valence-corrected chi connectivity index (χ2v) is 8.88. The Hall–Kier alpha value is -0.620. The fourth-order valence-electron chi connectivity index (χ4n) is 3.34. The molecule has 0 spiro atoms. The molecule has 0 aromatic heterocycles. The predicted molar refractivity (Wildman–Crippen MR) is 83.8 cm³/mol. The number of carbonyl (C=O) groups excluding carboxylic acids is 1. The zero-order chi connectivity index (χ0) is 15.3. The highest BCUT2D eigenvalue weighted by molar-refractivity contribution is 7.91. The van der Waals surface area contributed by atoms with Gasteiger partial charge in [0.05, 0.1) is 11.5 Å². The van der Waals surface area contributed by atoms with E-state index in [9.17, 15) is 13.2 Å². The lowest BCUT2D eigenvalue weighted by Crippen LogP contribution is -2.44. The number of carbonyl (C=O) groups is 1. The predicted octanol–water partition coefficient (Wildman–Crippen LogP) is 1.05. The maximum absolute atomic E-state index is 12.1. The molecule has 1 aliphatic carbocycles. The molecule has 1 heterocycles. The molecule has 1 N–H and O–H groups in total. The van der Waals surface area contributed by atoms with Gasteiger partial charge in [-0.3, -0.25) is 9.69 Å². The average molecular weight is 316 g/mol. The van der Waals surface area contributed by atoms with E-state index in [1.807, 2.05) is 6.92 Å². The molecule has 2 rings (SSSR count). The summed E-state index contributed by atoms with van der Waals surface area (Å²) in [7, 11) is -2.81. The first-order valence-electron chi connectivity index (χ1n) is 8.17. The summed E-state index contributed by atoms with van der Waals surface area (Å²) in [4.78, 5) is 14.2. The van der Waals surface area contributed by atoms with Crippen LogP contribution in [0.2, 0.25) is 0 Å². The zero-order valence-corrected chi connectivity index (χ0v) is 13.8. The maximum atomic E-state index is 12.1. The van der Waals surface area contributed by atoms with E-state index in [2.05, 4.69) is 10.2 Å². The highest BCUT2D eigenvalue weighted by atomic mass is 32.2. The summed E-state index contributed by atoms with van der Waals surface area (Å²) >= 11 is 0. The minimum absolute atomic E-state index is 0.0924. The maximum Gasteiger partial charge on any atom is 0.222 e. The summed E-state index contributed by atoms with van der Waals surface area (Å²) in [6, 6.07) is 0. The topological polar surface area (TPSA) is 66.5 Å². The second-order valence-electron chi connectivity index (χ2n) is 6.57. The Bertz CT molecular complexity index is 430. The largest absolute Gasteiger partial charge is 0.355 e. The van der Waals surface area contributed by atoms with Crippen molar-refractivity contribution in [1.29, 1.82) is 0 Å². The van der Waals surface area contributed by atoms with Crippen LogP contribution in [-0.2, 0) is 14.6 Å². The van der Waals surface area contributed by atoms with Crippen molar-refractivity contribution in [3.63, 3.8) is 0 Å². The van der Waals surface area contributed by atoms with E-state index in [1.165, 1.54) is 25.7 Å². The monoisotopic (exact) mass is 316 g/mol. The Labute approximate surface area is 128 Å². The Morgan fingerprint density at radius 2 is 1.86 bits per heavy atom. The van der Waals surface area contributed by atoms with Gasteiger partial charge in [0.2, 0.25) is 5.91 Å². The number of nitrogens with zero attached hydrogens (tertiary/aromatic N) is 1. The van der Waals surface area contributed by atoms with Gasteiger partial charge in [0.15, 0.2) is 9.84 Å². The molecule has 6 heteroatoms. The Morgan fingerprint density at radius 1 is 1.24 bits per heavy atom. The van der Waals surface area contributed by atoms with Crippen LogP contribution in [-0.4, -0.2) is 56.9 Å². The Morgan fingerprint density at radius 3 is 2.48 bits per heavy atom. The fraction of sp³-hybridized carbons (Fsp3) is 0.933. The molecule has 5 nitrogen and oxygen atoms in total. The van der Waals surface area contributed by atoms with E-state index < -0.39 is 9.84 Å². The molecule has 0 aromatic rings. The van der Waals surface area contributed by atoms with Crippen LogP contribution in [0, 0.1) is 11.8 Å². The number of hydrogen-bond acceptors (Lipinski definition) is 4. The lowest BCUT2D eigenvalue weighted by atomic mass is 9.94. The summed E-state index contributed by atoms with van der Waals surface area (Å²) in [6.45, 7) is 4.57. The van der Waals surface area contributed by atoms with Gasteiger partial charge in [-0.05, 0) is 12.3 Å². The van der Waals surface area contributed by atoms with Crippen molar-refractivity contribution in [3.05, 3.63) is 0 Å². The van der Waals surface area contributed by atoms with Gasteiger partial charge in [0, 0.05) is 32.1 Å². The van der Waals surface area contributed by atoms with Crippen molar-refractivity contribution in [3.8, 4) is 0 Å². The minimum atomic E-state index is -2.81. The second kappa shape index (κ2) is 7.58. The molecule has 1 amide bonds. The first-order valence-corrected chi connectivity index (χ1v) is 9.99. The molecule has 1 aliphatic heterocycles.